The van der Waals surface area contributed by atoms with Crippen LogP contribution in [0.2, 0.25) is 5.02 Å². The van der Waals surface area contributed by atoms with Crippen LogP contribution < -0.4 is 0 Å². The number of carbonyl (C=O) groups excluding carboxylic acids is 1. The Morgan fingerprint density at radius 1 is 1.38 bits per heavy atom. The van der Waals surface area contributed by atoms with E-state index in [-0.39, 0.29) is 16.7 Å². The molecule has 0 aliphatic carbocycles. The summed E-state index contributed by atoms with van der Waals surface area (Å²) in [5.41, 5.74) is 0.734. The maximum atomic E-state index is 11.4. The summed E-state index contributed by atoms with van der Waals surface area (Å²) in [6, 6.07) is 2.94. The predicted molar refractivity (Wildman–Crippen MR) is 63.2 cm³/mol. The molecule has 4 heteroatoms. The van der Waals surface area contributed by atoms with Crippen molar-refractivity contribution in [2.45, 2.75) is 26.2 Å². The molecule has 0 radical (unpaired) electrons. The molecule has 1 rings (SSSR count). The molecule has 0 heterocycles. The summed E-state index contributed by atoms with van der Waals surface area (Å²) in [5, 5.41) is 10.0. The fraction of sp³-hybridized carbons (Fsp3) is 0.417. The fourth-order valence-corrected chi connectivity index (χ4v) is 1.85. The first-order valence-electron chi connectivity index (χ1n) is 4.88. The molecule has 0 atom stereocenters. The number of halogens is 1. The van der Waals surface area contributed by atoms with Gasteiger partial charge in [0.15, 0.2) is 0 Å². The van der Waals surface area contributed by atoms with Crippen LogP contribution in [0.4, 0.5) is 0 Å². The lowest BCUT2D eigenvalue weighted by Crippen LogP contribution is -2.13. The second kappa shape index (κ2) is 4.34. The summed E-state index contributed by atoms with van der Waals surface area (Å²) in [6.45, 7) is 5.94. The van der Waals surface area contributed by atoms with E-state index in [1.165, 1.54) is 13.2 Å². The van der Waals surface area contributed by atoms with E-state index in [2.05, 4.69) is 4.74 Å². The maximum absolute atomic E-state index is 11.4. The number of esters is 1. The van der Waals surface area contributed by atoms with Gasteiger partial charge in [-0.2, -0.15) is 0 Å². The second-order valence-corrected chi connectivity index (χ2v) is 5.00. The zero-order valence-electron chi connectivity index (χ0n) is 9.80. The number of benzene rings is 1. The van der Waals surface area contributed by atoms with Gasteiger partial charge in [0, 0.05) is 5.02 Å². The fourth-order valence-electron chi connectivity index (χ4n) is 1.41. The van der Waals surface area contributed by atoms with Gasteiger partial charge in [-0.3, -0.25) is 0 Å². The van der Waals surface area contributed by atoms with Gasteiger partial charge in [-0.05, 0) is 23.1 Å². The van der Waals surface area contributed by atoms with E-state index in [9.17, 15) is 9.90 Å². The summed E-state index contributed by atoms with van der Waals surface area (Å²) in [6.07, 6.45) is 0. The standard InChI is InChI=1S/C12H15ClO3/c1-12(2,3)8-5-7(11(15)16-4)10(14)6-9(8)13/h5-6,14H,1-4H3. The number of rotatable bonds is 1. The third-order valence-corrected chi connectivity index (χ3v) is 2.61. The Morgan fingerprint density at radius 2 is 1.94 bits per heavy atom. The van der Waals surface area contributed by atoms with E-state index in [4.69, 9.17) is 11.6 Å². The van der Waals surface area contributed by atoms with E-state index in [1.807, 2.05) is 20.8 Å². The first-order chi connectivity index (χ1) is 7.27. The molecule has 0 unspecified atom stereocenters. The van der Waals surface area contributed by atoms with Crippen molar-refractivity contribution in [3.8, 4) is 5.75 Å². The molecular weight excluding hydrogens is 228 g/mol. The zero-order valence-corrected chi connectivity index (χ0v) is 10.6. The largest absolute Gasteiger partial charge is 0.507 e. The molecule has 0 aliphatic heterocycles. The number of hydrogen-bond donors (Lipinski definition) is 1. The number of hydrogen-bond acceptors (Lipinski definition) is 3. The summed E-state index contributed by atoms with van der Waals surface area (Å²) >= 11 is 6.02. The smallest absolute Gasteiger partial charge is 0.341 e. The van der Waals surface area contributed by atoms with Gasteiger partial charge in [-0.1, -0.05) is 32.4 Å². The van der Waals surface area contributed by atoms with Crippen molar-refractivity contribution in [1.82, 2.24) is 0 Å². The van der Waals surface area contributed by atoms with Crippen LogP contribution in [-0.2, 0) is 10.2 Å². The van der Waals surface area contributed by atoms with Gasteiger partial charge in [0.25, 0.3) is 0 Å². The molecule has 0 bridgehead atoms. The number of ether oxygens (including phenoxy) is 1. The van der Waals surface area contributed by atoms with Crippen LogP contribution >= 0.6 is 11.6 Å². The average Bonchev–Trinajstić information content (AvgIpc) is 2.14. The molecule has 1 aromatic carbocycles. The average molecular weight is 243 g/mol. The highest BCUT2D eigenvalue weighted by atomic mass is 35.5. The van der Waals surface area contributed by atoms with Crippen LogP contribution in [0.1, 0.15) is 36.7 Å². The quantitative estimate of drug-likeness (QED) is 0.770. The van der Waals surface area contributed by atoms with E-state index in [0.29, 0.717) is 5.02 Å². The third-order valence-electron chi connectivity index (χ3n) is 2.30. The van der Waals surface area contributed by atoms with Crippen LogP contribution in [0.5, 0.6) is 5.75 Å². The molecular formula is C12H15ClO3. The lowest BCUT2D eigenvalue weighted by molar-refractivity contribution is 0.0597. The van der Waals surface area contributed by atoms with Crippen LogP contribution in [-0.4, -0.2) is 18.2 Å². The van der Waals surface area contributed by atoms with Gasteiger partial charge in [-0.25, -0.2) is 4.79 Å². The third kappa shape index (κ3) is 2.47. The summed E-state index contributed by atoms with van der Waals surface area (Å²) in [7, 11) is 1.27. The molecule has 0 saturated heterocycles. The molecule has 16 heavy (non-hydrogen) atoms. The predicted octanol–water partition coefficient (Wildman–Crippen LogP) is 3.13. The molecule has 0 fully saturated rings. The highest BCUT2D eigenvalue weighted by molar-refractivity contribution is 6.31. The van der Waals surface area contributed by atoms with E-state index in [1.54, 1.807) is 6.07 Å². The van der Waals surface area contributed by atoms with Crippen molar-refractivity contribution in [3.63, 3.8) is 0 Å². The van der Waals surface area contributed by atoms with Crippen molar-refractivity contribution < 1.29 is 14.6 Å². The molecule has 0 aromatic heterocycles. The minimum absolute atomic E-state index is 0.136. The summed E-state index contributed by atoms with van der Waals surface area (Å²) < 4.78 is 4.58. The number of phenols is 1. The van der Waals surface area contributed by atoms with Crippen LogP contribution in [0.15, 0.2) is 12.1 Å². The van der Waals surface area contributed by atoms with Gasteiger partial charge in [0.1, 0.15) is 11.3 Å². The summed E-state index contributed by atoms with van der Waals surface area (Å²) in [4.78, 5) is 11.4. The number of methoxy groups -OCH3 is 1. The second-order valence-electron chi connectivity index (χ2n) is 4.59. The van der Waals surface area contributed by atoms with Crippen molar-refractivity contribution in [3.05, 3.63) is 28.3 Å². The zero-order chi connectivity index (χ0) is 12.5. The first kappa shape index (κ1) is 12.8. The Kier molecular flexibility index (Phi) is 3.48. The monoisotopic (exact) mass is 242 g/mol. The van der Waals surface area contributed by atoms with Crippen molar-refractivity contribution in [2.24, 2.45) is 0 Å². The number of carbonyl (C=O) groups is 1. The minimum atomic E-state index is -0.570. The molecule has 1 N–H and O–H groups in total. The highest BCUT2D eigenvalue weighted by Gasteiger charge is 2.22. The maximum Gasteiger partial charge on any atom is 0.341 e. The first-order valence-corrected chi connectivity index (χ1v) is 5.26. The minimum Gasteiger partial charge on any atom is -0.507 e. The topological polar surface area (TPSA) is 46.5 Å². The highest BCUT2D eigenvalue weighted by Crippen LogP contribution is 2.34. The van der Waals surface area contributed by atoms with Crippen LogP contribution in [0.25, 0.3) is 0 Å². The molecule has 0 amide bonds. The van der Waals surface area contributed by atoms with Crippen molar-refractivity contribution >= 4 is 17.6 Å². The van der Waals surface area contributed by atoms with Crippen LogP contribution in [0, 0.1) is 0 Å². The van der Waals surface area contributed by atoms with E-state index in [0.717, 1.165) is 5.56 Å². The molecule has 88 valence electrons. The van der Waals surface area contributed by atoms with Crippen molar-refractivity contribution in [2.75, 3.05) is 7.11 Å². The lowest BCUT2D eigenvalue weighted by atomic mass is 9.86. The molecule has 3 nitrogen and oxygen atoms in total. The van der Waals surface area contributed by atoms with Gasteiger partial charge in [0.2, 0.25) is 0 Å². The van der Waals surface area contributed by atoms with Crippen molar-refractivity contribution in [1.29, 1.82) is 0 Å². The summed E-state index contributed by atoms with van der Waals surface area (Å²) in [5.74, 6) is -0.732. The normalized spacial score (nSPS) is 11.3. The Hall–Kier alpha value is -1.22. The molecule has 0 aliphatic rings. The van der Waals surface area contributed by atoms with Crippen LogP contribution in [0.3, 0.4) is 0 Å². The number of phenolic OH excluding ortho intramolecular Hbond substituents is 1. The Labute approximate surface area is 100.0 Å². The van der Waals surface area contributed by atoms with E-state index >= 15 is 0 Å². The number of aromatic hydroxyl groups is 1. The molecule has 0 spiro atoms. The van der Waals surface area contributed by atoms with Gasteiger partial charge in [-0.15, -0.1) is 0 Å². The lowest BCUT2D eigenvalue weighted by Gasteiger charge is -2.21. The molecule has 1 aromatic rings. The molecule has 0 saturated carbocycles. The SMILES string of the molecule is COC(=O)c1cc(C(C)(C)C)c(Cl)cc1O. The van der Waals surface area contributed by atoms with Gasteiger partial charge < -0.3 is 9.84 Å². The van der Waals surface area contributed by atoms with Gasteiger partial charge in [0.05, 0.1) is 7.11 Å². The van der Waals surface area contributed by atoms with E-state index < -0.39 is 5.97 Å². The van der Waals surface area contributed by atoms with Gasteiger partial charge >= 0.3 is 5.97 Å². The Bertz CT molecular complexity index is 419. The Balaban J connectivity index is 3.39. The Morgan fingerprint density at radius 3 is 2.38 bits per heavy atom.